The molecule has 0 aromatic heterocycles. The van der Waals surface area contributed by atoms with Crippen LogP contribution in [-0.2, 0) is 6.42 Å². The number of halogens is 1. The molecule has 22 heavy (non-hydrogen) atoms. The zero-order valence-corrected chi connectivity index (χ0v) is 13.8. The summed E-state index contributed by atoms with van der Waals surface area (Å²) in [6.07, 6.45) is 1.85. The Morgan fingerprint density at radius 1 is 1.09 bits per heavy atom. The molecule has 0 unspecified atom stereocenters. The lowest BCUT2D eigenvalue weighted by molar-refractivity contribution is 0.626. The standard InChI is InChI=1S/C18H21FN2S/c1-13-5-6-14(2)17(12-13)21-18(22)20-11-3-4-15-7-9-16(19)10-8-15/h5-10,12H,3-4,11H2,1-2H3,(H2,20,21,22). The molecule has 0 spiro atoms. The maximum atomic E-state index is 12.8. The minimum absolute atomic E-state index is 0.194. The molecule has 2 aromatic rings. The first-order valence-corrected chi connectivity index (χ1v) is 7.82. The van der Waals surface area contributed by atoms with Crippen molar-refractivity contribution in [2.24, 2.45) is 0 Å². The highest BCUT2D eigenvalue weighted by Crippen LogP contribution is 2.16. The molecular formula is C18H21FN2S. The average Bonchev–Trinajstić information content (AvgIpc) is 2.49. The molecule has 0 saturated carbocycles. The second-order valence-electron chi connectivity index (χ2n) is 5.43. The van der Waals surface area contributed by atoms with Crippen molar-refractivity contribution in [3.05, 3.63) is 65.0 Å². The predicted molar refractivity (Wildman–Crippen MR) is 94.9 cm³/mol. The molecule has 0 amide bonds. The molecule has 0 radical (unpaired) electrons. The van der Waals surface area contributed by atoms with Crippen LogP contribution < -0.4 is 10.6 Å². The fraction of sp³-hybridized carbons (Fsp3) is 0.278. The Morgan fingerprint density at radius 3 is 2.55 bits per heavy atom. The van der Waals surface area contributed by atoms with Crippen LogP contribution in [0.1, 0.15) is 23.1 Å². The van der Waals surface area contributed by atoms with E-state index in [0.29, 0.717) is 5.11 Å². The molecular weight excluding hydrogens is 295 g/mol. The molecule has 0 aliphatic heterocycles. The van der Waals surface area contributed by atoms with E-state index in [0.717, 1.165) is 30.6 Å². The van der Waals surface area contributed by atoms with Crippen molar-refractivity contribution in [3.8, 4) is 0 Å². The molecule has 0 fully saturated rings. The Bertz CT molecular complexity index is 638. The molecule has 2 nitrogen and oxygen atoms in total. The zero-order valence-electron chi connectivity index (χ0n) is 12.9. The number of rotatable bonds is 5. The summed E-state index contributed by atoms with van der Waals surface area (Å²) in [6.45, 7) is 4.90. The van der Waals surface area contributed by atoms with Gasteiger partial charge in [-0.05, 0) is 73.8 Å². The van der Waals surface area contributed by atoms with Crippen LogP contribution in [0.4, 0.5) is 10.1 Å². The van der Waals surface area contributed by atoms with Crippen LogP contribution in [-0.4, -0.2) is 11.7 Å². The van der Waals surface area contributed by atoms with Gasteiger partial charge in [0, 0.05) is 12.2 Å². The molecule has 4 heteroatoms. The smallest absolute Gasteiger partial charge is 0.170 e. The van der Waals surface area contributed by atoms with E-state index in [9.17, 15) is 4.39 Å². The number of benzene rings is 2. The van der Waals surface area contributed by atoms with Gasteiger partial charge in [0.15, 0.2) is 5.11 Å². The fourth-order valence-corrected chi connectivity index (χ4v) is 2.39. The molecule has 0 bridgehead atoms. The Labute approximate surface area is 136 Å². The van der Waals surface area contributed by atoms with E-state index in [4.69, 9.17) is 12.2 Å². The van der Waals surface area contributed by atoms with Crippen molar-refractivity contribution >= 4 is 23.0 Å². The molecule has 0 heterocycles. The number of anilines is 1. The largest absolute Gasteiger partial charge is 0.362 e. The number of thiocarbonyl (C=S) groups is 1. The van der Waals surface area contributed by atoms with Crippen LogP contribution in [0.2, 0.25) is 0 Å². The summed E-state index contributed by atoms with van der Waals surface area (Å²) < 4.78 is 12.8. The number of hydrogen-bond acceptors (Lipinski definition) is 1. The predicted octanol–water partition coefficient (Wildman–Crippen LogP) is 4.36. The number of aryl methyl sites for hydroxylation is 3. The Hall–Kier alpha value is -1.94. The van der Waals surface area contributed by atoms with Crippen LogP contribution in [0.15, 0.2) is 42.5 Å². The zero-order chi connectivity index (χ0) is 15.9. The molecule has 0 atom stereocenters. The van der Waals surface area contributed by atoms with Gasteiger partial charge in [0.25, 0.3) is 0 Å². The van der Waals surface area contributed by atoms with E-state index in [1.807, 2.05) is 12.1 Å². The topological polar surface area (TPSA) is 24.1 Å². The van der Waals surface area contributed by atoms with Crippen molar-refractivity contribution in [3.63, 3.8) is 0 Å². The van der Waals surface area contributed by atoms with E-state index in [-0.39, 0.29) is 5.82 Å². The SMILES string of the molecule is Cc1ccc(C)c(NC(=S)NCCCc2ccc(F)cc2)c1. The maximum absolute atomic E-state index is 12.8. The summed E-state index contributed by atoms with van der Waals surface area (Å²) in [4.78, 5) is 0. The third-order valence-electron chi connectivity index (χ3n) is 3.48. The van der Waals surface area contributed by atoms with Gasteiger partial charge in [-0.2, -0.15) is 0 Å². The summed E-state index contributed by atoms with van der Waals surface area (Å²) in [5.41, 5.74) is 4.54. The van der Waals surface area contributed by atoms with Crippen molar-refractivity contribution in [2.75, 3.05) is 11.9 Å². The Morgan fingerprint density at radius 2 is 1.82 bits per heavy atom. The van der Waals surface area contributed by atoms with E-state index in [2.05, 4.69) is 42.7 Å². The van der Waals surface area contributed by atoms with Crippen molar-refractivity contribution in [1.82, 2.24) is 5.32 Å². The van der Waals surface area contributed by atoms with Gasteiger partial charge in [-0.1, -0.05) is 24.3 Å². The van der Waals surface area contributed by atoms with Gasteiger partial charge < -0.3 is 10.6 Å². The summed E-state index contributed by atoms with van der Waals surface area (Å²) in [5, 5.41) is 7.07. The van der Waals surface area contributed by atoms with Gasteiger partial charge in [-0.15, -0.1) is 0 Å². The quantitative estimate of drug-likeness (QED) is 0.633. The fourth-order valence-electron chi connectivity index (χ4n) is 2.18. The molecule has 0 saturated heterocycles. The molecule has 0 aliphatic carbocycles. The van der Waals surface area contributed by atoms with Crippen LogP contribution >= 0.6 is 12.2 Å². The highest BCUT2D eigenvalue weighted by atomic mass is 32.1. The number of hydrogen-bond donors (Lipinski definition) is 2. The van der Waals surface area contributed by atoms with Gasteiger partial charge >= 0.3 is 0 Å². The summed E-state index contributed by atoms with van der Waals surface area (Å²) >= 11 is 5.31. The van der Waals surface area contributed by atoms with Gasteiger partial charge in [-0.3, -0.25) is 0 Å². The minimum Gasteiger partial charge on any atom is -0.362 e. The third kappa shape index (κ3) is 5.11. The molecule has 2 N–H and O–H groups in total. The highest BCUT2D eigenvalue weighted by Gasteiger charge is 2.01. The number of nitrogens with one attached hydrogen (secondary N) is 2. The van der Waals surface area contributed by atoms with Gasteiger partial charge in [0.05, 0.1) is 0 Å². The Balaban J connectivity index is 1.74. The lowest BCUT2D eigenvalue weighted by Crippen LogP contribution is -2.29. The van der Waals surface area contributed by atoms with E-state index in [1.165, 1.54) is 23.3 Å². The van der Waals surface area contributed by atoms with Crippen molar-refractivity contribution in [1.29, 1.82) is 0 Å². The monoisotopic (exact) mass is 316 g/mol. The lowest BCUT2D eigenvalue weighted by atomic mass is 10.1. The summed E-state index contributed by atoms with van der Waals surface area (Å²) in [5.74, 6) is -0.194. The van der Waals surface area contributed by atoms with E-state index >= 15 is 0 Å². The third-order valence-corrected chi connectivity index (χ3v) is 3.73. The summed E-state index contributed by atoms with van der Waals surface area (Å²) in [7, 11) is 0. The van der Waals surface area contributed by atoms with Crippen LogP contribution in [0, 0.1) is 19.7 Å². The van der Waals surface area contributed by atoms with Gasteiger partial charge in [0.1, 0.15) is 5.82 Å². The second kappa shape index (κ2) is 7.90. The van der Waals surface area contributed by atoms with Gasteiger partial charge in [-0.25, -0.2) is 4.39 Å². The first-order valence-electron chi connectivity index (χ1n) is 7.41. The normalized spacial score (nSPS) is 10.3. The summed E-state index contributed by atoms with van der Waals surface area (Å²) in [6, 6.07) is 12.9. The second-order valence-corrected chi connectivity index (χ2v) is 5.84. The highest BCUT2D eigenvalue weighted by molar-refractivity contribution is 7.80. The molecule has 116 valence electrons. The lowest BCUT2D eigenvalue weighted by Gasteiger charge is -2.13. The Kier molecular flexibility index (Phi) is 5.90. The van der Waals surface area contributed by atoms with E-state index < -0.39 is 0 Å². The van der Waals surface area contributed by atoms with Crippen LogP contribution in [0.3, 0.4) is 0 Å². The van der Waals surface area contributed by atoms with Crippen molar-refractivity contribution in [2.45, 2.75) is 26.7 Å². The first kappa shape index (κ1) is 16.4. The first-order chi connectivity index (χ1) is 10.5. The van der Waals surface area contributed by atoms with Crippen LogP contribution in [0.5, 0.6) is 0 Å². The molecule has 2 aromatic carbocycles. The van der Waals surface area contributed by atoms with E-state index in [1.54, 1.807) is 0 Å². The van der Waals surface area contributed by atoms with Crippen molar-refractivity contribution < 1.29 is 4.39 Å². The molecule has 2 rings (SSSR count). The van der Waals surface area contributed by atoms with Crippen LogP contribution in [0.25, 0.3) is 0 Å². The van der Waals surface area contributed by atoms with Gasteiger partial charge in [0.2, 0.25) is 0 Å². The molecule has 0 aliphatic rings. The minimum atomic E-state index is -0.194. The average molecular weight is 316 g/mol. The maximum Gasteiger partial charge on any atom is 0.170 e.